The highest BCUT2D eigenvalue weighted by Gasteiger charge is 2.74. The van der Waals surface area contributed by atoms with Crippen LogP contribution < -0.4 is 0 Å². The average Bonchev–Trinajstić information content (AvgIpc) is 3.12. The molecule has 1 saturated heterocycles. The second-order valence-electron chi connectivity index (χ2n) is 7.75. The summed E-state index contributed by atoms with van der Waals surface area (Å²) < 4.78 is 2.72. The molecule has 3 aromatic rings. The first-order valence-electron chi connectivity index (χ1n) is 9.28. The highest BCUT2D eigenvalue weighted by atomic mass is 79.9. The molecular formula is C23H22BrN3+2. The van der Waals surface area contributed by atoms with Gasteiger partial charge in [0.2, 0.25) is 6.67 Å². The molecule has 27 heavy (non-hydrogen) atoms. The second kappa shape index (κ2) is 6.13. The molecule has 0 saturated carbocycles. The fourth-order valence-electron chi connectivity index (χ4n) is 4.85. The normalized spacial score (nSPS) is 28.5. The van der Waals surface area contributed by atoms with E-state index in [9.17, 15) is 0 Å². The molecule has 1 fully saturated rings. The first-order valence-corrected chi connectivity index (χ1v) is 10.1. The monoisotopic (exact) mass is 419 g/mol. The van der Waals surface area contributed by atoms with Crippen molar-refractivity contribution in [1.29, 1.82) is 0 Å². The van der Waals surface area contributed by atoms with Crippen LogP contribution in [0.3, 0.4) is 0 Å². The number of hydrogen-bond acceptors (Lipinski definition) is 1. The summed E-state index contributed by atoms with van der Waals surface area (Å²) in [6.45, 7) is 1.91. The molecular weight excluding hydrogens is 398 g/mol. The maximum Gasteiger partial charge on any atom is 0.294 e. The predicted octanol–water partition coefficient (Wildman–Crippen LogP) is 5.26. The molecule has 0 N–H and O–H groups in total. The third-order valence-electron chi connectivity index (χ3n) is 5.81. The number of benzene rings is 3. The summed E-state index contributed by atoms with van der Waals surface area (Å²) >= 11 is 3.54. The van der Waals surface area contributed by atoms with Gasteiger partial charge in [0.1, 0.15) is 6.54 Å². The number of halogens is 1. The van der Waals surface area contributed by atoms with Gasteiger partial charge in [0, 0.05) is 10.0 Å². The van der Waals surface area contributed by atoms with Crippen LogP contribution in [0.25, 0.3) is 0 Å². The third kappa shape index (κ3) is 2.59. The van der Waals surface area contributed by atoms with Gasteiger partial charge in [0.25, 0.3) is 12.0 Å². The smallest absolute Gasteiger partial charge is 0.170 e. The van der Waals surface area contributed by atoms with E-state index < -0.39 is 0 Å². The SMILES string of the molecule is C[N+]12C[N+](Cc3ccc(Br)cc3)(N=C1c1ccccc1)C2c1ccccc1. The Morgan fingerprint density at radius 1 is 0.889 bits per heavy atom. The van der Waals surface area contributed by atoms with E-state index in [2.05, 4.69) is 108 Å². The molecule has 3 heterocycles. The Kier molecular flexibility index (Phi) is 3.83. The van der Waals surface area contributed by atoms with E-state index in [4.69, 9.17) is 5.10 Å². The number of hydrogen-bond donors (Lipinski definition) is 0. The molecule has 0 amide bonds. The number of quaternary nitrogens is 2. The lowest BCUT2D eigenvalue weighted by Crippen LogP contribution is -2.72. The standard InChI is InChI=1S/C23H22BrN3/c1-26-17-27(16-18-12-14-21(24)15-13-18,23(26)20-10-6-3-7-11-20)25-22(26)19-8-4-2-5-9-19/h2-15,23H,16-17H2,1H3/q+2. The molecule has 134 valence electrons. The molecule has 3 atom stereocenters. The zero-order valence-electron chi connectivity index (χ0n) is 15.3. The van der Waals surface area contributed by atoms with Crippen molar-refractivity contribution in [3.8, 4) is 0 Å². The van der Waals surface area contributed by atoms with Crippen LogP contribution in [0.1, 0.15) is 22.9 Å². The maximum absolute atomic E-state index is 5.33. The molecule has 0 spiro atoms. The van der Waals surface area contributed by atoms with E-state index in [0.29, 0.717) is 6.17 Å². The van der Waals surface area contributed by atoms with Gasteiger partial charge in [-0.05, 0) is 41.5 Å². The molecule has 3 aliphatic heterocycles. The summed E-state index contributed by atoms with van der Waals surface area (Å²) in [7, 11) is 2.33. The van der Waals surface area contributed by atoms with E-state index in [1.165, 1.54) is 22.5 Å². The zero-order valence-corrected chi connectivity index (χ0v) is 16.9. The van der Waals surface area contributed by atoms with Crippen molar-refractivity contribution in [2.24, 2.45) is 5.10 Å². The van der Waals surface area contributed by atoms with Crippen molar-refractivity contribution >= 4 is 21.8 Å². The summed E-state index contributed by atoms with van der Waals surface area (Å²) in [6.07, 6.45) is 0.310. The van der Waals surface area contributed by atoms with Gasteiger partial charge in [0.05, 0.1) is 18.2 Å². The number of amidine groups is 1. The molecule has 0 aromatic heterocycles. The van der Waals surface area contributed by atoms with Gasteiger partial charge in [0.15, 0.2) is 0 Å². The van der Waals surface area contributed by atoms with E-state index in [-0.39, 0.29) is 0 Å². The van der Waals surface area contributed by atoms with Crippen LogP contribution >= 0.6 is 15.9 Å². The van der Waals surface area contributed by atoms with Crippen LogP contribution in [-0.4, -0.2) is 28.6 Å². The van der Waals surface area contributed by atoms with Gasteiger partial charge in [-0.25, -0.2) is 0 Å². The van der Waals surface area contributed by atoms with Gasteiger partial charge in [-0.2, -0.15) is 4.48 Å². The molecule has 4 heteroatoms. The Labute approximate surface area is 168 Å². The van der Waals surface area contributed by atoms with Crippen LogP contribution in [0.15, 0.2) is 94.5 Å². The summed E-state index contributed by atoms with van der Waals surface area (Å²) in [5.74, 6) is 1.20. The van der Waals surface area contributed by atoms with Crippen molar-refractivity contribution in [3.05, 3.63) is 106 Å². The summed E-state index contributed by atoms with van der Waals surface area (Å²) in [4.78, 5) is 0. The number of nitrogens with zero attached hydrogens (tertiary/aromatic N) is 3. The molecule has 0 radical (unpaired) electrons. The lowest BCUT2D eigenvalue weighted by molar-refractivity contribution is -1.25. The van der Waals surface area contributed by atoms with Crippen molar-refractivity contribution in [3.63, 3.8) is 0 Å². The van der Waals surface area contributed by atoms with E-state index in [1.807, 2.05) is 0 Å². The predicted molar refractivity (Wildman–Crippen MR) is 111 cm³/mol. The Bertz CT molecular complexity index is 1000. The minimum Gasteiger partial charge on any atom is -0.170 e. The quantitative estimate of drug-likeness (QED) is 0.511. The van der Waals surface area contributed by atoms with Gasteiger partial charge in [-0.3, -0.25) is 0 Å². The first kappa shape index (κ1) is 16.9. The minimum atomic E-state index is 0.310. The van der Waals surface area contributed by atoms with Crippen LogP contribution in [0, 0.1) is 0 Å². The van der Waals surface area contributed by atoms with Crippen molar-refractivity contribution < 1.29 is 9.08 Å². The molecule has 3 unspecified atom stereocenters. The van der Waals surface area contributed by atoms with E-state index >= 15 is 0 Å². The Balaban J connectivity index is 1.60. The highest BCUT2D eigenvalue weighted by molar-refractivity contribution is 9.10. The van der Waals surface area contributed by atoms with Crippen LogP contribution in [0.5, 0.6) is 0 Å². The Morgan fingerprint density at radius 2 is 1.52 bits per heavy atom. The maximum atomic E-state index is 5.33. The highest BCUT2D eigenvalue weighted by Crippen LogP contribution is 2.55. The topological polar surface area (TPSA) is 12.4 Å². The van der Waals surface area contributed by atoms with E-state index in [0.717, 1.165) is 26.8 Å². The summed E-state index contributed by atoms with van der Waals surface area (Å²) in [5.41, 5.74) is 3.91. The number of rotatable bonds is 4. The third-order valence-corrected chi connectivity index (χ3v) is 6.34. The molecule has 0 aliphatic carbocycles. The Hall–Kier alpha value is -2.27. The fraction of sp³-hybridized carbons (Fsp3) is 0.174. The second-order valence-corrected chi connectivity index (χ2v) is 8.67. The minimum absolute atomic E-state index is 0.310. The summed E-state index contributed by atoms with van der Waals surface area (Å²) in [6, 6.07) is 30.2. The van der Waals surface area contributed by atoms with E-state index in [1.54, 1.807) is 0 Å². The lowest BCUT2D eigenvalue weighted by atomic mass is 10.0. The first-order chi connectivity index (χ1) is 13.1. The Morgan fingerprint density at radius 3 is 2.19 bits per heavy atom. The average molecular weight is 420 g/mol. The molecule has 2 bridgehead atoms. The molecule has 3 nitrogen and oxygen atoms in total. The zero-order chi connectivity index (χ0) is 18.5. The molecule has 6 rings (SSSR count). The van der Waals surface area contributed by atoms with Crippen molar-refractivity contribution in [1.82, 2.24) is 0 Å². The summed E-state index contributed by atoms with van der Waals surface area (Å²) in [5, 5.41) is 5.33. The molecule has 3 aliphatic rings. The van der Waals surface area contributed by atoms with Gasteiger partial charge >= 0.3 is 0 Å². The fourth-order valence-corrected chi connectivity index (χ4v) is 5.12. The van der Waals surface area contributed by atoms with Crippen LogP contribution in [0.4, 0.5) is 0 Å². The van der Waals surface area contributed by atoms with Crippen LogP contribution in [-0.2, 0) is 6.54 Å². The molecule has 3 aromatic carbocycles. The largest absolute Gasteiger partial charge is 0.294 e. The van der Waals surface area contributed by atoms with Crippen molar-refractivity contribution in [2.75, 3.05) is 13.7 Å². The van der Waals surface area contributed by atoms with Crippen molar-refractivity contribution in [2.45, 2.75) is 12.7 Å². The van der Waals surface area contributed by atoms with Crippen LogP contribution in [0.2, 0.25) is 0 Å². The van der Waals surface area contributed by atoms with Gasteiger partial charge in [-0.1, -0.05) is 69.1 Å². The van der Waals surface area contributed by atoms with Gasteiger partial charge in [-0.15, -0.1) is 0 Å². The van der Waals surface area contributed by atoms with Gasteiger partial charge < -0.3 is 0 Å². The lowest BCUT2D eigenvalue weighted by Gasteiger charge is -2.50.